The van der Waals surface area contributed by atoms with Crippen LogP contribution >= 0.6 is 0 Å². The molecule has 0 aromatic heterocycles. The van der Waals surface area contributed by atoms with Crippen molar-refractivity contribution < 1.29 is 33.4 Å². The number of morpholine rings is 1. The van der Waals surface area contributed by atoms with Gasteiger partial charge in [-0.1, -0.05) is 12.1 Å². The molecule has 0 saturated carbocycles. The minimum atomic E-state index is -1.30. The monoisotopic (exact) mass is 511 g/mol. The van der Waals surface area contributed by atoms with Crippen LogP contribution in [0.3, 0.4) is 0 Å². The third kappa shape index (κ3) is 5.53. The van der Waals surface area contributed by atoms with Crippen LogP contribution in [0, 0.1) is 5.82 Å². The van der Waals surface area contributed by atoms with E-state index in [2.05, 4.69) is 5.32 Å². The summed E-state index contributed by atoms with van der Waals surface area (Å²) in [6.45, 7) is 2.15. The van der Waals surface area contributed by atoms with E-state index < -0.39 is 17.5 Å². The Labute approximate surface area is 215 Å². The van der Waals surface area contributed by atoms with Crippen LogP contribution in [0.25, 0.3) is 0 Å². The van der Waals surface area contributed by atoms with Crippen molar-refractivity contribution in [2.75, 3.05) is 33.4 Å². The van der Waals surface area contributed by atoms with Gasteiger partial charge in [0.15, 0.2) is 7.85 Å². The summed E-state index contributed by atoms with van der Waals surface area (Å²) in [5, 5.41) is 13.7. The number of aliphatic hydroxyl groups is 1. The van der Waals surface area contributed by atoms with E-state index in [4.69, 9.17) is 9.47 Å². The summed E-state index contributed by atoms with van der Waals surface area (Å²) >= 11 is 0. The molecule has 2 amide bonds. The molecule has 1 fully saturated rings. The molecule has 1 saturated heterocycles. The number of hydrogen-bond donors (Lipinski definition) is 2. The molecule has 0 radical (unpaired) electrons. The number of halogens is 1. The maximum Gasteiger partial charge on any atom is 0.255 e. The first-order valence-electron chi connectivity index (χ1n) is 12.3. The topological polar surface area (TPSA) is 108 Å². The normalized spacial score (nSPS) is 18.1. The van der Waals surface area contributed by atoms with Crippen LogP contribution in [-0.4, -0.2) is 80.2 Å². The van der Waals surface area contributed by atoms with Gasteiger partial charge in [0.1, 0.15) is 36.1 Å². The number of aldehydes is 1. The highest BCUT2D eigenvalue weighted by molar-refractivity contribution is 6.14. The highest BCUT2D eigenvalue weighted by Gasteiger charge is 2.37. The van der Waals surface area contributed by atoms with Gasteiger partial charge in [-0.3, -0.25) is 14.5 Å². The van der Waals surface area contributed by atoms with Gasteiger partial charge in [-0.05, 0) is 36.2 Å². The third-order valence-electron chi connectivity index (χ3n) is 7.04. The Kier molecular flexibility index (Phi) is 8.26. The Morgan fingerprint density at radius 1 is 1.32 bits per heavy atom. The van der Waals surface area contributed by atoms with Gasteiger partial charge in [0.25, 0.3) is 5.91 Å². The first-order chi connectivity index (χ1) is 17.8. The van der Waals surface area contributed by atoms with Crippen molar-refractivity contribution >= 4 is 25.9 Å². The molecule has 11 heteroatoms. The Bertz CT molecular complexity index is 1170. The molecule has 37 heavy (non-hydrogen) atoms. The van der Waals surface area contributed by atoms with Gasteiger partial charge in [0.2, 0.25) is 5.91 Å². The largest absolute Gasteiger partial charge is 0.488 e. The summed E-state index contributed by atoms with van der Waals surface area (Å²) < 4.78 is 26.1. The molecular formula is C26H31BFN3O6. The fourth-order valence-corrected chi connectivity index (χ4v) is 4.85. The molecule has 0 spiro atoms. The van der Waals surface area contributed by atoms with Gasteiger partial charge in [-0.2, -0.15) is 0 Å². The van der Waals surface area contributed by atoms with E-state index >= 15 is 0 Å². The maximum absolute atomic E-state index is 14.7. The molecule has 2 aliphatic rings. The maximum atomic E-state index is 14.7. The van der Waals surface area contributed by atoms with Gasteiger partial charge in [-0.15, -0.1) is 0 Å². The first kappa shape index (κ1) is 26.8. The molecule has 2 aromatic carbocycles. The quantitative estimate of drug-likeness (QED) is 0.354. The summed E-state index contributed by atoms with van der Waals surface area (Å²) in [6.07, 6.45) is 1.07. The summed E-state index contributed by atoms with van der Waals surface area (Å²) in [5.41, 5.74) is 0.506. The highest BCUT2D eigenvalue weighted by Crippen LogP contribution is 2.34. The minimum Gasteiger partial charge on any atom is -0.488 e. The van der Waals surface area contributed by atoms with Crippen LogP contribution in [0.5, 0.6) is 5.75 Å². The Morgan fingerprint density at radius 3 is 2.78 bits per heavy atom. The van der Waals surface area contributed by atoms with Crippen molar-refractivity contribution in [3.8, 4) is 5.75 Å². The fraction of sp³-hybridized carbons (Fsp3) is 0.423. The summed E-state index contributed by atoms with van der Waals surface area (Å²) in [5.74, 6) is -0.740. The van der Waals surface area contributed by atoms with Gasteiger partial charge < -0.3 is 29.6 Å². The first-order valence-corrected chi connectivity index (χ1v) is 12.3. The van der Waals surface area contributed by atoms with Crippen LogP contribution in [0.1, 0.15) is 39.9 Å². The van der Waals surface area contributed by atoms with Crippen LogP contribution in [0.15, 0.2) is 36.4 Å². The number of hydrogen-bond acceptors (Lipinski definition) is 7. The average Bonchev–Trinajstić information content (AvgIpc) is 3.25. The predicted molar refractivity (Wildman–Crippen MR) is 135 cm³/mol. The number of carbonyl (C=O) groups excluding carboxylic acids is 3. The van der Waals surface area contributed by atoms with Crippen molar-refractivity contribution in [3.05, 3.63) is 64.5 Å². The molecule has 0 bridgehead atoms. The second kappa shape index (κ2) is 11.4. The number of rotatable bonds is 10. The lowest BCUT2D eigenvalue weighted by molar-refractivity contribution is -0.125. The van der Waals surface area contributed by atoms with Crippen molar-refractivity contribution in [1.29, 1.82) is 0 Å². The van der Waals surface area contributed by atoms with E-state index in [0.29, 0.717) is 48.7 Å². The van der Waals surface area contributed by atoms with E-state index in [1.54, 1.807) is 38.2 Å². The van der Waals surface area contributed by atoms with Crippen molar-refractivity contribution in [1.82, 2.24) is 15.1 Å². The van der Waals surface area contributed by atoms with Gasteiger partial charge in [0, 0.05) is 43.2 Å². The number of ether oxygens (including phenoxy) is 2. The predicted octanol–water partition coefficient (Wildman–Crippen LogP) is 0.522. The van der Waals surface area contributed by atoms with E-state index in [1.165, 1.54) is 18.0 Å². The molecule has 196 valence electrons. The molecule has 2 N–H and O–H groups in total. The molecule has 2 unspecified atom stereocenters. The Balaban J connectivity index is 1.53. The smallest absolute Gasteiger partial charge is 0.255 e. The zero-order valence-corrected chi connectivity index (χ0v) is 21.0. The lowest BCUT2D eigenvalue weighted by Crippen LogP contribution is -2.51. The second-order valence-corrected chi connectivity index (χ2v) is 9.30. The Morgan fingerprint density at radius 2 is 2.08 bits per heavy atom. The summed E-state index contributed by atoms with van der Waals surface area (Å²) in [7, 11) is 3.16. The standard InChI is InChI=1S/C26H31BFN3O6/c1-29-24(33)22(5-3-11-32)31-15-20-19(25(31)34)4-2-6-23(20)37-16-17-14-18(7-8-21(17)28)26(27,35)30-9-12-36-13-10-30/h2,4,6-8,11,14,22,35H,3,5,9-10,12-13,15-16,27H2,1H3,(H,29,33). The lowest BCUT2D eigenvalue weighted by Gasteiger charge is -2.40. The van der Waals surface area contributed by atoms with E-state index in [-0.39, 0.29) is 43.4 Å². The molecule has 2 aliphatic heterocycles. The van der Waals surface area contributed by atoms with E-state index in [9.17, 15) is 23.9 Å². The second-order valence-electron chi connectivity index (χ2n) is 9.30. The Hall–Kier alpha value is -3.28. The summed E-state index contributed by atoms with van der Waals surface area (Å²) in [6, 6.07) is 8.69. The van der Waals surface area contributed by atoms with Crippen LogP contribution in [0.4, 0.5) is 4.39 Å². The number of fused-ring (bicyclic) bond motifs is 1. The zero-order chi connectivity index (χ0) is 26.6. The average molecular weight is 511 g/mol. The molecule has 2 atom stereocenters. The van der Waals surface area contributed by atoms with Gasteiger partial charge in [-0.25, -0.2) is 4.39 Å². The van der Waals surface area contributed by atoms with Gasteiger partial charge in [0.05, 0.1) is 19.8 Å². The molecular weight excluding hydrogens is 480 g/mol. The number of benzene rings is 2. The minimum absolute atomic E-state index is 0.118. The van der Waals surface area contributed by atoms with Gasteiger partial charge >= 0.3 is 0 Å². The number of nitrogens with one attached hydrogen (secondary N) is 1. The number of amides is 2. The van der Waals surface area contributed by atoms with Crippen molar-refractivity contribution in [2.45, 2.75) is 37.7 Å². The highest BCUT2D eigenvalue weighted by atomic mass is 19.1. The van der Waals surface area contributed by atoms with E-state index in [0.717, 1.165) is 6.29 Å². The molecule has 2 heterocycles. The van der Waals surface area contributed by atoms with Crippen LogP contribution < -0.4 is 10.1 Å². The summed E-state index contributed by atoms with van der Waals surface area (Å²) in [4.78, 5) is 39.8. The van der Waals surface area contributed by atoms with Crippen LogP contribution in [-0.2, 0) is 33.1 Å². The molecule has 2 aromatic rings. The SMILES string of the molecule is BC(O)(c1ccc(F)c(COc2cccc3c2CN(C(CCC=O)C(=O)NC)C3=O)c1)N1CCOCC1. The molecule has 9 nitrogen and oxygen atoms in total. The lowest BCUT2D eigenvalue weighted by atomic mass is 9.81. The van der Waals surface area contributed by atoms with E-state index in [1.807, 2.05) is 4.90 Å². The molecule has 0 aliphatic carbocycles. The zero-order valence-electron chi connectivity index (χ0n) is 21.0. The van der Waals surface area contributed by atoms with Crippen molar-refractivity contribution in [3.63, 3.8) is 0 Å². The molecule has 4 rings (SSSR count). The third-order valence-corrected chi connectivity index (χ3v) is 7.04. The number of likely N-dealkylation sites (N-methyl/N-ethyl adjacent to an activating group) is 1. The van der Waals surface area contributed by atoms with Crippen molar-refractivity contribution in [2.24, 2.45) is 0 Å². The fourth-order valence-electron chi connectivity index (χ4n) is 4.85. The van der Waals surface area contributed by atoms with Crippen LogP contribution in [0.2, 0.25) is 0 Å². The number of carbonyl (C=O) groups is 3. The number of nitrogens with zero attached hydrogens (tertiary/aromatic N) is 2.